The van der Waals surface area contributed by atoms with Crippen LogP contribution in [0.2, 0.25) is 0 Å². The Morgan fingerprint density at radius 3 is 2.41 bits per heavy atom. The molecule has 192 valence electrons. The van der Waals surface area contributed by atoms with Gasteiger partial charge in [-0.05, 0) is 99.1 Å². The smallest absolute Gasteiger partial charge is 0.329 e. The molecule has 1 fully saturated rings. The molecule has 0 radical (unpaired) electrons. The Morgan fingerprint density at radius 1 is 1.08 bits per heavy atom. The standard InChI is InChI=1S/C28H27FN2O5S/c1-5-35-27(33)19(4)31-26(32)25(37-28(31)34)15-21-14-17(2)30(18(21)3)23-10-12-24(13-11-23)36-16-20-6-8-22(29)9-7-20/h6-15,19H,5,16H2,1-4H3/b25-15+/t19-/m0/s1. The third-order valence-corrected chi connectivity index (χ3v) is 6.89. The van der Waals surface area contributed by atoms with Gasteiger partial charge in [0.2, 0.25) is 0 Å². The van der Waals surface area contributed by atoms with Crippen molar-refractivity contribution in [2.75, 3.05) is 6.61 Å². The van der Waals surface area contributed by atoms with Crippen molar-refractivity contribution in [2.45, 2.75) is 40.3 Å². The van der Waals surface area contributed by atoms with E-state index < -0.39 is 23.2 Å². The molecule has 4 rings (SSSR count). The summed E-state index contributed by atoms with van der Waals surface area (Å²) >= 11 is 0.811. The van der Waals surface area contributed by atoms with E-state index in [1.54, 1.807) is 25.1 Å². The molecule has 0 aliphatic carbocycles. The van der Waals surface area contributed by atoms with Gasteiger partial charge in [-0.2, -0.15) is 0 Å². The quantitative estimate of drug-likeness (QED) is 0.275. The SMILES string of the molecule is CCOC(=O)[C@H](C)N1C(=O)S/C(=C/c2cc(C)n(-c3ccc(OCc4ccc(F)cc4)cc3)c2C)C1=O. The summed E-state index contributed by atoms with van der Waals surface area (Å²) in [6.07, 6.45) is 1.68. The monoisotopic (exact) mass is 522 g/mol. The van der Waals surface area contributed by atoms with Gasteiger partial charge in [-0.15, -0.1) is 0 Å². The number of benzene rings is 2. The lowest BCUT2D eigenvalue weighted by Crippen LogP contribution is -2.42. The highest BCUT2D eigenvalue weighted by atomic mass is 32.2. The summed E-state index contributed by atoms with van der Waals surface area (Å²) in [5.41, 5.74) is 4.41. The number of halogens is 1. The van der Waals surface area contributed by atoms with Crippen LogP contribution in [0.25, 0.3) is 11.8 Å². The lowest BCUT2D eigenvalue weighted by molar-refractivity contribution is -0.150. The van der Waals surface area contributed by atoms with Crippen LogP contribution in [0.1, 0.15) is 36.4 Å². The molecular weight excluding hydrogens is 495 g/mol. The Hall–Kier alpha value is -3.85. The van der Waals surface area contributed by atoms with E-state index >= 15 is 0 Å². The van der Waals surface area contributed by atoms with E-state index in [0.717, 1.165) is 44.9 Å². The molecule has 2 amide bonds. The van der Waals surface area contributed by atoms with Crippen molar-refractivity contribution in [1.82, 2.24) is 9.47 Å². The zero-order chi connectivity index (χ0) is 26.7. The molecule has 2 heterocycles. The fraction of sp³-hybridized carbons (Fsp3) is 0.250. The number of carbonyl (C=O) groups excluding carboxylic acids is 3. The number of rotatable bonds is 8. The minimum absolute atomic E-state index is 0.169. The number of aryl methyl sites for hydroxylation is 1. The van der Waals surface area contributed by atoms with Gasteiger partial charge < -0.3 is 14.0 Å². The average molecular weight is 523 g/mol. The van der Waals surface area contributed by atoms with Crippen molar-refractivity contribution >= 4 is 35.0 Å². The van der Waals surface area contributed by atoms with Crippen LogP contribution in [0.3, 0.4) is 0 Å². The Labute approximate surface area is 218 Å². The molecule has 2 aromatic carbocycles. The number of nitrogens with zero attached hydrogens (tertiary/aromatic N) is 2. The molecule has 1 aliphatic rings. The van der Waals surface area contributed by atoms with Crippen molar-refractivity contribution < 1.29 is 28.2 Å². The number of imide groups is 1. The molecule has 0 unspecified atom stereocenters. The second-order valence-electron chi connectivity index (χ2n) is 8.55. The summed E-state index contributed by atoms with van der Waals surface area (Å²) in [5, 5.41) is -0.498. The largest absolute Gasteiger partial charge is 0.489 e. The first kappa shape index (κ1) is 26.2. The second-order valence-corrected chi connectivity index (χ2v) is 9.54. The van der Waals surface area contributed by atoms with Crippen LogP contribution < -0.4 is 4.74 Å². The van der Waals surface area contributed by atoms with Crippen LogP contribution in [0.4, 0.5) is 9.18 Å². The van der Waals surface area contributed by atoms with Gasteiger partial charge in [0, 0.05) is 17.1 Å². The summed E-state index contributed by atoms with van der Waals surface area (Å²) in [6.45, 7) is 7.54. The molecular formula is C28H27FN2O5S. The predicted molar refractivity (Wildman–Crippen MR) is 140 cm³/mol. The van der Waals surface area contributed by atoms with Crippen molar-refractivity contribution in [3.8, 4) is 11.4 Å². The van der Waals surface area contributed by atoms with Crippen molar-refractivity contribution in [2.24, 2.45) is 0 Å². The Kier molecular flexibility index (Phi) is 7.83. The molecule has 0 spiro atoms. The lowest BCUT2D eigenvalue weighted by Gasteiger charge is -2.19. The van der Waals surface area contributed by atoms with Gasteiger partial charge in [-0.25, -0.2) is 9.18 Å². The number of aromatic nitrogens is 1. The number of carbonyl (C=O) groups is 3. The molecule has 1 atom stereocenters. The lowest BCUT2D eigenvalue weighted by atomic mass is 10.2. The molecule has 9 heteroatoms. The normalized spacial score (nSPS) is 15.4. The van der Waals surface area contributed by atoms with Crippen molar-refractivity contribution in [3.05, 3.63) is 87.8 Å². The van der Waals surface area contributed by atoms with Gasteiger partial charge in [0.05, 0.1) is 11.5 Å². The minimum atomic E-state index is -0.991. The summed E-state index contributed by atoms with van der Waals surface area (Å²) in [7, 11) is 0. The van der Waals surface area contributed by atoms with Gasteiger partial charge >= 0.3 is 5.97 Å². The highest BCUT2D eigenvalue weighted by Gasteiger charge is 2.41. The molecule has 37 heavy (non-hydrogen) atoms. The molecule has 3 aromatic rings. The predicted octanol–water partition coefficient (Wildman–Crippen LogP) is 5.80. The molecule has 1 saturated heterocycles. The second kappa shape index (κ2) is 11.0. The van der Waals surface area contributed by atoms with Crippen LogP contribution in [0, 0.1) is 19.7 Å². The Bertz CT molecular complexity index is 1360. The maximum absolute atomic E-state index is 13.1. The summed E-state index contributed by atoms with van der Waals surface area (Å²) in [4.78, 5) is 38.7. The van der Waals surface area contributed by atoms with Gasteiger partial charge in [0.25, 0.3) is 11.1 Å². The first-order chi connectivity index (χ1) is 17.7. The van der Waals surface area contributed by atoms with Gasteiger partial charge in [-0.1, -0.05) is 12.1 Å². The number of esters is 1. The molecule has 1 aromatic heterocycles. The third-order valence-electron chi connectivity index (χ3n) is 6.01. The highest BCUT2D eigenvalue weighted by Crippen LogP contribution is 2.35. The first-order valence-corrected chi connectivity index (χ1v) is 12.6. The number of hydrogen-bond acceptors (Lipinski definition) is 6. The molecule has 7 nitrogen and oxygen atoms in total. The van der Waals surface area contributed by atoms with Gasteiger partial charge in [0.15, 0.2) is 0 Å². The fourth-order valence-corrected chi connectivity index (χ4v) is 4.99. The van der Waals surface area contributed by atoms with E-state index in [1.807, 2.05) is 48.7 Å². The third kappa shape index (κ3) is 5.61. The van der Waals surface area contributed by atoms with E-state index in [9.17, 15) is 18.8 Å². The first-order valence-electron chi connectivity index (χ1n) is 11.8. The van der Waals surface area contributed by atoms with E-state index in [-0.39, 0.29) is 17.3 Å². The number of hydrogen-bond donors (Lipinski definition) is 0. The zero-order valence-corrected chi connectivity index (χ0v) is 21.8. The molecule has 1 aliphatic heterocycles. The summed E-state index contributed by atoms with van der Waals surface area (Å²) in [6, 6.07) is 14.7. The van der Waals surface area contributed by atoms with E-state index in [1.165, 1.54) is 19.1 Å². The molecule has 0 bridgehead atoms. The Balaban J connectivity index is 1.51. The fourth-order valence-electron chi connectivity index (χ4n) is 4.09. The van der Waals surface area contributed by atoms with E-state index in [2.05, 4.69) is 0 Å². The minimum Gasteiger partial charge on any atom is -0.489 e. The number of amides is 2. The summed E-state index contributed by atoms with van der Waals surface area (Å²) in [5.74, 6) is -0.732. The maximum atomic E-state index is 13.1. The van der Waals surface area contributed by atoms with Crippen LogP contribution in [0.15, 0.2) is 59.5 Å². The van der Waals surface area contributed by atoms with E-state index in [0.29, 0.717) is 12.4 Å². The van der Waals surface area contributed by atoms with Crippen LogP contribution in [0.5, 0.6) is 5.75 Å². The molecule has 0 saturated carbocycles. The van der Waals surface area contributed by atoms with E-state index in [4.69, 9.17) is 9.47 Å². The van der Waals surface area contributed by atoms with Gasteiger partial charge in [0.1, 0.15) is 24.2 Å². The van der Waals surface area contributed by atoms with Crippen molar-refractivity contribution in [3.63, 3.8) is 0 Å². The highest BCUT2D eigenvalue weighted by molar-refractivity contribution is 8.18. The summed E-state index contributed by atoms with van der Waals surface area (Å²) < 4.78 is 25.9. The van der Waals surface area contributed by atoms with Crippen LogP contribution in [-0.4, -0.2) is 39.2 Å². The maximum Gasteiger partial charge on any atom is 0.329 e. The molecule has 0 N–H and O–H groups in total. The number of thioether (sulfide) groups is 1. The number of ether oxygens (including phenoxy) is 2. The van der Waals surface area contributed by atoms with Crippen molar-refractivity contribution in [1.29, 1.82) is 0 Å². The van der Waals surface area contributed by atoms with Crippen LogP contribution >= 0.6 is 11.8 Å². The Morgan fingerprint density at radius 2 is 1.76 bits per heavy atom. The van der Waals surface area contributed by atoms with Gasteiger partial charge in [-0.3, -0.25) is 14.5 Å². The average Bonchev–Trinajstić information content (AvgIpc) is 3.31. The van der Waals surface area contributed by atoms with Crippen LogP contribution in [-0.2, 0) is 20.9 Å². The zero-order valence-electron chi connectivity index (χ0n) is 21.0. The topological polar surface area (TPSA) is 77.8 Å².